The Morgan fingerprint density at radius 1 is 1.38 bits per heavy atom. The van der Waals surface area contributed by atoms with Crippen LogP contribution in [0.2, 0.25) is 0 Å². The Bertz CT molecular complexity index is 326. The van der Waals surface area contributed by atoms with Gasteiger partial charge in [0.05, 0.1) is 11.0 Å². The van der Waals surface area contributed by atoms with E-state index in [4.69, 9.17) is 10.2 Å². The Morgan fingerprint density at radius 2 is 2.06 bits per heavy atom. The van der Waals surface area contributed by atoms with E-state index in [1.165, 1.54) is 12.8 Å². The van der Waals surface area contributed by atoms with Crippen molar-refractivity contribution in [3.8, 4) is 0 Å². The number of hydrogen-bond acceptors (Lipinski definition) is 3. The number of furan rings is 1. The topological polar surface area (TPSA) is 42.4 Å². The van der Waals surface area contributed by atoms with Crippen molar-refractivity contribution in [1.82, 2.24) is 4.90 Å². The van der Waals surface area contributed by atoms with E-state index >= 15 is 0 Å². The maximum absolute atomic E-state index is 5.68. The summed E-state index contributed by atoms with van der Waals surface area (Å²) in [5, 5.41) is 0. The van der Waals surface area contributed by atoms with E-state index in [1.807, 2.05) is 6.07 Å². The number of piperidine rings is 1. The largest absolute Gasteiger partial charge is 0.452 e. The summed E-state index contributed by atoms with van der Waals surface area (Å²) in [6, 6.07) is 2.03. The number of halogens is 2. The van der Waals surface area contributed by atoms with Gasteiger partial charge in [-0.1, -0.05) is 0 Å². The molecule has 1 aromatic heterocycles. The standard InChI is InChI=1S/C11H16Br2N2O/c12-10-5-9(16-11(10)13)7-15-3-1-8(6-14)2-4-15/h5,8H,1-4,6-7,14H2. The third-order valence-corrected chi connectivity index (χ3v) is 4.83. The third-order valence-electron chi connectivity index (χ3n) is 3.12. The molecule has 0 saturated carbocycles. The number of likely N-dealkylation sites (tertiary alicyclic amines) is 1. The normalized spacial score (nSPS) is 19.2. The van der Waals surface area contributed by atoms with Gasteiger partial charge in [-0.15, -0.1) is 0 Å². The van der Waals surface area contributed by atoms with Gasteiger partial charge in [-0.2, -0.15) is 0 Å². The summed E-state index contributed by atoms with van der Waals surface area (Å²) in [6.45, 7) is 3.96. The SMILES string of the molecule is NCC1CCN(Cc2cc(Br)c(Br)o2)CC1. The van der Waals surface area contributed by atoms with Gasteiger partial charge in [0.15, 0.2) is 4.67 Å². The quantitative estimate of drug-likeness (QED) is 0.910. The molecule has 3 nitrogen and oxygen atoms in total. The van der Waals surface area contributed by atoms with Gasteiger partial charge >= 0.3 is 0 Å². The molecule has 1 aromatic rings. The predicted octanol–water partition coefficient (Wildman–Crippen LogP) is 2.98. The summed E-state index contributed by atoms with van der Waals surface area (Å²) in [5.74, 6) is 1.72. The summed E-state index contributed by atoms with van der Waals surface area (Å²) >= 11 is 6.78. The Kier molecular flexibility index (Phi) is 4.47. The second kappa shape index (κ2) is 5.67. The molecule has 1 aliphatic rings. The first-order valence-corrected chi connectivity index (χ1v) is 7.13. The minimum Gasteiger partial charge on any atom is -0.452 e. The molecular weight excluding hydrogens is 336 g/mol. The van der Waals surface area contributed by atoms with E-state index in [0.29, 0.717) is 5.92 Å². The van der Waals surface area contributed by atoms with Crippen molar-refractivity contribution in [2.45, 2.75) is 19.4 Å². The van der Waals surface area contributed by atoms with Crippen LogP contribution in [0.4, 0.5) is 0 Å². The molecule has 1 saturated heterocycles. The van der Waals surface area contributed by atoms with Gasteiger partial charge in [-0.3, -0.25) is 4.90 Å². The van der Waals surface area contributed by atoms with Crippen LogP contribution in [0.25, 0.3) is 0 Å². The highest BCUT2D eigenvalue weighted by atomic mass is 79.9. The Morgan fingerprint density at radius 3 is 2.56 bits per heavy atom. The van der Waals surface area contributed by atoms with E-state index in [0.717, 1.165) is 41.1 Å². The molecule has 5 heteroatoms. The van der Waals surface area contributed by atoms with Crippen molar-refractivity contribution >= 4 is 31.9 Å². The van der Waals surface area contributed by atoms with Crippen LogP contribution in [0.3, 0.4) is 0 Å². The molecule has 0 radical (unpaired) electrons. The fourth-order valence-electron chi connectivity index (χ4n) is 2.07. The second-order valence-electron chi connectivity index (χ2n) is 4.29. The predicted molar refractivity (Wildman–Crippen MR) is 71.2 cm³/mol. The molecule has 2 rings (SSSR count). The summed E-state index contributed by atoms with van der Waals surface area (Å²) in [7, 11) is 0. The van der Waals surface area contributed by atoms with Crippen LogP contribution in [0.15, 0.2) is 19.6 Å². The molecule has 1 fully saturated rings. The molecule has 0 atom stereocenters. The maximum atomic E-state index is 5.68. The van der Waals surface area contributed by atoms with Crippen LogP contribution in [0, 0.1) is 5.92 Å². The molecule has 1 aliphatic heterocycles. The first-order chi connectivity index (χ1) is 7.69. The van der Waals surface area contributed by atoms with Crippen LogP contribution in [0.5, 0.6) is 0 Å². The molecule has 2 heterocycles. The Hall–Kier alpha value is 0.160. The highest BCUT2D eigenvalue weighted by molar-refractivity contribution is 9.13. The molecule has 90 valence electrons. The summed E-state index contributed by atoms with van der Waals surface area (Å²) < 4.78 is 7.34. The lowest BCUT2D eigenvalue weighted by Gasteiger charge is -2.30. The third kappa shape index (κ3) is 3.09. The highest BCUT2D eigenvalue weighted by Crippen LogP contribution is 2.28. The van der Waals surface area contributed by atoms with Crippen molar-refractivity contribution < 1.29 is 4.42 Å². The van der Waals surface area contributed by atoms with Crippen LogP contribution < -0.4 is 5.73 Å². The molecule has 0 bridgehead atoms. The van der Waals surface area contributed by atoms with Gasteiger partial charge in [0.2, 0.25) is 0 Å². The fourth-order valence-corrected chi connectivity index (χ4v) is 2.73. The van der Waals surface area contributed by atoms with E-state index in [1.54, 1.807) is 0 Å². The number of rotatable bonds is 3. The average molecular weight is 352 g/mol. The lowest BCUT2D eigenvalue weighted by Crippen LogP contribution is -2.35. The molecule has 0 aromatic carbocycles. The van der Waals surface area contributed by atoms with Gasteiger partial charge in [0, 0.05) is 0 Å². The monoisotopic (exact) mass is 350 g/mol. The Labute approximate surface area is 113 Å². The van der Waals surface area contributed by atoms with Crippen LogP contribution >= 0.6 is 31.9 Å². The molecule has 2 N–H and O–H groups in total. The van der Waals surface area contributed by atoms with E-state index < -0.39 is 0 Å². The van der Waals surface area contributed by atoms with Crippen LogP contribution in [0.1, 0.15) is 18.6 Å². The zero-order valence-electron chi connectivity index (χ0n) is 9.09. The van der Waals surface area contributed by atoms with E-state index in [9.17, 15) is 0 Å². The number of hydrogen-bond donors (Lipinski definition) is 1. The molecule has 0 aliphatic carbocycles. The molecule has 0 spiro atoms. The zero-order chi connectivity index (χ0) is 11.5. The minimum atomic E-state index is 0.714. The summed E-state index contributed by atoms with van der Waals surface area (Å²) in [4.78, 5) is 2.42. The molecule has 0 unspecified atom stereocenters. The van der Waals surface area contributed by atoms with Crippen molar-refractivity contribution in [3.63, 3.8) is 0 Å². The van der Waals surface area contributed by atoms with E-state index in [2.05, 4.69) is 36.8 Å². The first kappa shape index (κ1) is 12.6. The molecular formula is C11H16Br2N2O. The van der Waals surface area contributed by atoms with Crippen molar-refractivity contribution in [1.29, 1.82) is 0 Å². The molecule has 0 amide bonds. The van der Waals surface area contributed by atoms with Gasteiger partial charge in [-0.05, 0) is 76.3 Å². The highest BCUT2D eigenvalue weighted by Gasteiger charge is 2.19. The van der Waals surface area contributed by atoms with Crippen LogP contribution in [-0.4, -0.2) is 24.5 Å². The first-order valence-electron chi connectivity index (χ1n) is 5.55. The lowest BCUT2D eigenvalue weighted by atomic mass is 9.97. The summed E-state index contributed by atoms with van der Waals surface area (Å²) in [5.41, 5.74) is 5.68. The molecule has 16 heavy (non-hydrogen) atoms. The average Bonchev–Trinajstić information content (AvgIpc) is 2.59. The minimum absolute atomic E-state index is 0.714. The maximum Gasteiger partial charge on any atom is 0.183 e. The van der Waals surface area contributed by atoms with Gasteiger partial charge in [-0.25, -0.2) is 0 Å². The lowest BCUT2D eigenvalue weighted by molar-refractivity contribution is 0.169. The van der Waals surface area contributed by atoms with Crippen molar-refractivity contribution in [2.75, 3.05) is 19.6 Å². The summed E-state index contributed by atoms with van der Waals surface area (Å²) in [6.07, 6.45) is 2.42. The number of nitrogens with zero attached hydrogens (tertiary/aromatic N) is 1. The van der Waals surface area contributed by atoms with Crippen LogP contribution in [-0.2, 0) is 6.54 Å². The van der Waals surface area contributed by atoms with Crippen molar-refractivity contribution in [2.24, 2.45) is 11.7 Å². The zero-order valence-corrected chi connectivity index (χ0v) is 12.3. The van der Waals surface area contributed by atoms with E-state index in [-0.39, 0.29) is 0 Å². The van der Waals surface area contributed by atoms with Gasteiger partial charge < -0.3 is 10.2 Å². The smallest absolute Gasteiger partial charge is 0.183 e. The van der Waals surface area contributed by atoms with Gasteiger partial charge in [0.25, 0.3) is 0 Å². The van der Waals surface area contributed by atoms with Gasteiger partial charge in [0.1, 0.15) is 5.76 Å². The number of nitrogens with two attached hydrogens (primary N) is 1. The Balaban J connectivity index is 1.87. The second-order valence-corrected chi connectivity index (χ2v) is 5.86. The van der Waals surface area contributed by atoms with Crippen molar-refractivity contribution in [3.05, 3.63) is 21.0 Å². The fraction of sp³-hybridized carbons (Fsp3) is 0.636.